The summed E-state index contributed by atoms with van der Waals surface area (Å²) in [5.74, 6) is 0. The van der Waals surface area contributed by atoms with Crippen molar-refractivity contribution >= 4 is 21.4 Å². The zero-order chi connectivity index (χ0) is 14.8. The summed E-state index contributed by atoms with van der Waals surface area (Å²) in [6.07, 6.45) is 0.863. The van der Waals surface area contributed by atoms with Gasteiger partial charge in [0.25, 0.3) is 0 Å². The molecule has 0 atom stereocenters. The number of rotatable bonds is 6. The zero-order valence-electron chi connectivity index (χ0n) is 12.0. The molecule has 2 aromatic heterocycles. The van der Waals surface area contributed by atoms with Crippen molar-refractivity contribution in [2.45, 2.75) is 37.9 Å². The smallest absolute Gasteiger partial charge is 0.250 e. The fraction of sp³-hybridized carbons (Fsp3) is 0.429. The van der Waals surface area contributed by atoms with E-state index < -0.39 is 10.0 Å². The molecule has 0 bridgehead atoms. The summed E-state index contributed by atoms with van der Waals surface area (Å²) in [6.45, 7) is 7.11. The molecule has 2 heterocycles. The lowest BCUT2D eigenvalue weighted by Gasteiger charge is -2.10. The minimum Gasteiger partial charge on any atom is -0.348 e. The summed E-state index contributed by atoms with van der Waals surface area (Å²) in [5, 5.41) is 0. The second-order valence-corrected chi connectivity index (χ2v) is 7.90. The Morgan fingerprint density at radius 2 is 1.80 bits per heavy atom. The molecule has 110 valence electrons. The third kappa shape index (κ3) is 3.31. The fourth-order valence-electron chi connectivity index (χ4n) is 2.11. The number of hydrogen-bond acceptors (Lipinski definition) is 3. The van der Waals surface area contributed by atoms with Gasteiger partial charge in [-0.15, -0.1) is 11.3 Å². The number of aromatic nitrogens is 1. The van der Waals surface area contributed by atoms with E-state index in [4.69, 9.17) is 0 Å². The van der Waals surface area contributed by atoms with E-state index in [0.717, 1.165) is 22.7 Å². The third-order valence-electron chi connectivity index (χ3n) is 3.30. The van der Waals surface area contributed by atoms with Crippen molar-refractivity contribution in [2.24, 2.45) is 0 Å². The number of nitrogens with one attached hydrogen (secondary N) is 1. The van der Waals surface area contributed by atoms with Gasteiger partial charge in [0, 0.05) is 29.4 Å². The largest absolute Gasteiger partial charge is 0.348 e. The predicted octanol–water partition coefficient (Wildman–Crippen LogP) is 2.71. The first kappa shape index (κ1) is 15.3. The minimum atomic E-state index is -3.37. The summed E-state index contributed by atoms with van der Waals surface area (Å²) < 4.78 is 29.5. The van der Waals surface area contributed by atoms with Crippen LogP contribution in [0.1, 0.15) is 23.2 Å². The first-order valence-electron chi connectivity index (χ1n) is 6.65. The predicted molar refractivity (Wildman–Crippen MR) is 82.8 cm³/mol. The molecule has 0 aliphatic rings. The van der Waals surface area contributed by atoms with Gasteiger partial charge >= 0.3 is 0 Å². The summed E-state index contributed by atoms with van der Waals surface area (Å²) in [4.78, 5) is 1.09. The van der Waals surface area contributed by atoms with Gasteiger partial charge in [0.2, 0.25) is 10.0 Å². The van der Waals surface area contributed by atoms with Gasteiger partial charge in [-0.05, 0) is 44.5 Å². The minimum absolute atomic E-state index is 0.398. The molecule has 20 heavy (non-hydrogen) atoms. The Kier molecular flexibility index (Phi) is 4.67. The van der Waals surface area contributed by atoms with Crippen LogP contribution in [0.25, 0.3) is 0 Å². The van der Waals surface area contributed by atoms with Crippen molar-refractivity contribution in [3.8, 4) is 0 Å². The monoisotopic (exact) mass is 312 g/mol. The molecule has 0 spiro atoms. The molecule has 0 saturated carbocycles. The van der Waals surface area contributed by atoms with Crippen LogP contribution in [0.4, 0.5) is 0 Å². The van der Waals surface area contributed by atoms with Crippen molar-refractivity contribution in [3.05, 3.63) is 40.5 Å². The van der Waals surface area contributed by atoms with Gasteiger partial charge in [-0.25, -0.2) is 13.1 Å². The van der Waals surface area contributed by atoms with Gasteiger partial charge in [0.1, 0.15) is 4.21 Å². The molecule has 0 aromatic carbocycles. The Balaban J connectivity index is 1.99. The normalized spacial score (nSPS) is 11.9. The molecule has 2 rings (SSSR count). The number of sulfonamides is 1. The van der Waals surface area contributed by atoms with Gasteiger partial charge in [-0.3, -0.25) is 0 Å². The van der Waals surface area contributed by atoms with Gasteiger partial charge in [-0.2, -0.15) is 0 Å². The van der Waals surface area contributed by atoms with E-state index >= 15 is 0 Å². The number of hydrogen-bond donors (Lipinski definition) is 1. The highest BCUT2D eigenvalue weighted by molar-refractivity contribution is 7.91. The molecule has 6 heteroatoms. The summed E-state index contributed by atoms with van der Waals surface area (Å²) in [7, 11) is -3.37. The quantitative estimate of drug-likeness (QED) is 0.891. The average Bonchev–Trinajstić information content (AvgIpc) is 3.00. The Hall–Kier alpha value is -1.11. The van der Waals surface area contributed by atoms with E-state index in [9.17, 15) is 8.42 Å². The van der Waals surface area contributed by atoms with Gasteiger partial charge in [0.05, 0.1) is 0 Å². The second kappa shape index (κ2) is 6.11. The van der Waals surface area contributed by atoms with Crippen LogP contribution < -0.4 is 4.72 Å². The van der Waals surface area contributed by atoms with Crippen LogP contribution in [-0.2, 0) is 23.0 Å². The number of thiophene rings is 1. The Labute approximate surface area is 124 Å². The molecule has 0 fully saturated rings. The molecular weight excluding hydrogens is 292 g/mol. The number of aryl methyl sites for hydroxylation is 3. The molecular formula is C14H20N2O2S2. The molecule has 0 amide bonds. The molecule has 0 unspecified atom stereocenters. The topological polar surface area (TPSA) is 51.1 Å². The molecule has 0 saturated heterocycles. The lowest BCUT2D eigenvalue weighted by Crippen LogP contribution is -2.27. The SMILES string of the molecule is CCc1ccc(S(=O)(=O)NCCn2c(C)ccc2C)s1. The van der Waals surface area contributed by atoms with E-state index in [2.05, 4.69) is 9.29 Å². The van der Waals surface area contributed by atoms with Crippen LogP contribution in [0, 0.1) is 13.8 Å². The fourth-order valence-corrected chi connectivity index (χ4v) is 4.47. The van der Waals surface area contributed by atoms with E-state index in [1.807, 2.05) is 39.0 Å². The summed E-state index contributed by atoms with van der Waals surface area (Å²) in [6, 6.07) is 7.63. The van der Waals surface area contributed by atoms with Crippen LogP contribution in [-0.4, -0.2) is 19.5 Å². The van der Waals surface area contributed by atoms with Gasteiger partial charge in [-0.1, -0.05) is 6.92 Å². The summed E-state index contributed by atoms with van der Waals surface area (Å²) in [5.41, 5.74) is 2.29. The second-order valence-electron chi connectivity index (χ2n) is 4.74. The van der Waals surface area contributed by atoms with Crippen molar-refractivity contribution in [3.63, 3.8) is 0 Å². The Morgan fingerprint density at radius 1 is 1.15 bits per heavy atom. The molecule has 1 N–H and O–H groups in total. The maximum Gasteiger partial charge on any atom is 0.250 e. The lowest BCUT2D eigenvalue weighted by molar-refractivity contribution is 0.571. The van der Waals surface area contributed by atoms with Crippen LogP contribution in [0.2, 0.25) is 0 Å². The van der Waals surface area contributed by atoms with Crippen LogP contribution in [0.15, 0.2) is 28.5 Å². The molecule has 0 aliphatic heterocycles. The molecule has 2 aromatic rings. The van der Waals surface area contributed by atoms with E-state index in [0.29, 0.717) is 17.3 Å². The van der Waals surface area contributed by atoms with Crippen LogP contribution >= 0.6 is 11.3 Å². The highest BCUT2D eigenvalue weighted by Crippen LogP contribution is 2.21. The first-order valence-corrected chi connectivity index (χ1v) is 8.95. The number of nitrogens with zero attached hydrogens (tertiary/aromatic N) is 1. The van der Waals surface area contributed by atoms with Crippen molar-refractivity contribution in [2.75, 3.05) is 6.54 Å². The van der Waals surface area contributed by atoms with Crippen molar-refractivity contribution in [1.82, 2.24) is 9.29 Å². The lowest BCUT2D eigenvalue weighted by atomic mass is 10.4. The van der Waals surface area contributed by atoms with E-state index in [-0.39, 0.29) is 0 Å². The molecule has 0 radical (unpaired) electrons. The molecule has 0 aliphatic carbocycles. The van der Waals surface area contributed by atoms with E-state index in [1.165, 1.54) is 11.3 Å². The first-order chi connectivity index (χ1) is 9.44. The summed E-state index contributed by atoms with van der Waals surface area (Å²) >= 11 is 1.34. The van der Waals surface area contributed by atoms with Gasteiger partial charge in [0.15, 0.2) is 0 Å². The van der Waals surface area contributed by atoms with Gasteiger partial charge < -0.3 is 4.57 Å². The van der Waals surface area contributed by atoms with Crippen molar-refractivity contribution in [1.29, 1.82) is 0 Å². The van der Waals surface area contributed by atoms with Crippen LogP contribution in [0.3, 0.4) is 0 Å². The zero-order valence-corrected chi connectivity index (χ0v) is 13.6. The van der Waals surface area contributed by atoms with Crippen LogP contribution in [0.5, 0.6) is 0 Å². The molecule has 4 nitrogen and oxygen atoms in total. The third-order valence-corrected chi connectivity index (χ3v) is 6.48. The maximum atomic E-state index is 12.1. The Bertz CT molecular complexity index is 664. The van der Waals surface area contributed by atoms with E-state index in [1.54, 1.807) is 6.07 Å². The van der Waals surface area contributed by atoms with Crippen molar-refractivity contribution < 1.29 is 8.42 Å². The maximum absolute atomic E-state index is 12.1. The Morgan fingerprint density at radius 3 is 2.35 bits per heavy atom. The standard InChI is InChI=1S/C14H20N2O2S2/c1-4-13-7-8-14(19-13)20(17,18)15-9-10-16-11(2)5-6-12(16)3/h5-8,15H,4,9-10H2,1-3H3. The highest BCUT2D eigenvalue weighted by atomic mass is 32.2. The average molecular weight is 312 g/mol. The highest BCUT2D eigenvalue weighted by Gasteiger charge is 2.16.